The summed E-state index contributed by atoms with van der Waals surface area (Å²) in [5.74, 6) is -0.532. The summed E-state index contributed by atoms with van der Waals surface area (Å²) in [6.45, 7) is -0.427. The van der Waals surface area contributed by atoms with E-state index < -0.39 is 37.0 Å². The van der Waals surface area contributed by atoms with Crippen LogP contribution in [0.3, 0.4) is 0 Å². The molecule has 3 heterocycles. The van der Waals surface area contributed by atoms with Crippen molar-refractivity contribution in [3.63, 3.8) is 0 Å². The van der Waals surface area contributed by atoms with Crippen molar-refractivity contribution in [2.45, 2.75) is 24.5 Å². The average Bonchev–Trinajstić information content (AvgIpc) is 2.94. The van der Waals surface area contributed by atoms with Crippen molar-refractivity contribution in [3.05, 3.63) is 12.7 Å². The Labute approximate surface area is 155 Å². The molecule has 0 saturated carbocycles. The number of aromatic nitrogens is 4. The van der Waals surface area contributed by atoms with Crippen molar-refractivity contribution >= 4 is 11.2 Å². The van der Waals surface area contributed by atoms with E-state index in [9.17, 15) is 15.3 Å². The Balaban J connectivity index is 0.00000147. The Bertz CT molecular complexity index is 608. The Morgan fingerprint density at radius 2 is 2.00 bits per heavy atom. The maximum Gasteiger partial charge on any atom is 1.00 e. The van der Waals surface area contributed by atoms with Crippen molar-refractivity contribution in [2.75, 3.05) is 6.61 Å². The van der Waals surface area contributed by atoms with E-state index in [1.54, 1.807) is 0 Å². The molecule has 10 heteroatoms. The van der Waals surface area contributed by atoms with Crippen molar-refractivity contribution in [3.8, 4) is 5.88 Å². The molecule has 3 rings (SSSR count). The molecule has 20 heavy (non-hydrogen) atoms. The predicted molar refractivity (Wildman–Crippen MR) is 57.8 cm³/mol. The van der Waals surface area contributed by atoms with Crippen LogP contribution in [0.25, 0.3) is 11.2 Å². The van der Waals surface area contributed by atoms with Crippen molar-refractivity contribution in [2.24, 2.45) is 0 Å². The minimum Gasteiger partial charge on any atom is -0.857 e. The van der Waals surface area contributed by atoms with Gasteiger partial charge in [0.1, 0.15) is 30.2 Å². The van der Waals surface area contributed by atoms with E-state index in [1.807, 2.05) is 0 Å². The summed E-state index contributed by atoms with van der Waals surface area (Å²) in [6.07, 6.45) is -1.97. The first-order chi connectivity index (χ1) is 9.13. The molecule has 1 aliphatic rings. The number of hydrogen-bond acceptors (Lipinski definition) is 8. The van der Waals surface area contributed by atoms with E-state index in [2.05, 4.69) is 15.0 Å². The standard InChI is InChI=1S/C10H12N4O5.K/c15-1-4-6(16)7(17)10(19-4)14-3-13-5-8(14)11-2-12-9(5)18;/h2-4,6-7,10,15-17H,1H2,(H,11,12,18);/q;+1/p-1/t4-,6-,7-,10-;/m1./s1. The summed E-state index contributed by atoms with van der Waals surface area (Å²) in [4.78, 5) is 11.3. The van der Waals surface area contributed by atoms with Gasteiger partial charge in [-0.15, -0.1) is 0 Å². The Morgan fingerprint density at radius 1 is 1.25 bits per heavy atom. The molecule has 0 unspecified atom stereocenters. The number of ether oxygens (including phenoxy) is 1. The molecule has 0 aromatic carbocycles. The number of rotatable bonds is 2. The molecule has 1 fully saturated rings. The molecule has 0 aliphatic carbocycles. The first-order valence-electron chi connectivity index (χ1n) is 5.60. The van der Waals surface area contributed by atoms with Gasteiger partial charge in [0, 0.05) is 5.88 Å². The van der Waals surface area contributed by atoms with Gasteiger partial charge >= 0.3 is 51.4 Å². The van der Waals surface area contributed by atoms with Gasteiger partial charge in [-0.2, -0.15) is 0 Å². The van der Waals surface area contributed by atoms with E-state index in [-0.39, 0.29) is 62.5 Å². The van der Waals surface area contributed by atoms with Gasteiger partial charge in [0.2, 0.25) is 0 Å². The monoisotopic (exact) mass is 306 g/mol. The molecule has 4 atom stereocenters. The Kier molecular flexibility index (Phi) is 5.10. The summed E-state index contributed by atoms with van der Waals surface area (Å²) in [5, 5.41) is 40.1. The van der Waals surface area contributed by atoms with Gasteiger partial charge in [0.05, 0.1) is 12.9 Å². The fourth-order valence-electron chi connectivity index (χ4n) is 2.13. The molecular formula is C10H11KN4O5. The van der Waals surface area contributed by atoms with Gasteiger partial charge in [-0.25, -0.2) is 9.97 Å². The van der Waals surface area contributed by atoms with Crippen LogP contribution in [0.5, 0.6) is 5.88 Å². The second-order valence-corrected chi connectivity index (χ2v) is 4.23. The molecule has 2 aromatic heterocycles. The number of aliphatic hydroxyl groups is 3. The summed E-state index contributed by atoms with van der Waals surface area (Å²) >= 11 is 0. The van der Waals surface area contributed by atoms with Crippen LogP contribution in [0.2, 0.25) is 0 Å². The fourth-order valence-corrected chi connectivity index (χ4v) is 2.13. The zero-order valence-corrected chi connectivity index (χ0v) is 13.7. The van der Waals surface area contributed by atoms with E-state index in [0.717, 1.165) is 6.33 Å². The topological polar surface area (TPSA) is 137 Å². The first kappa shape index (κ1) is 16.2. The molecule has 3 N–H and O–H groups in total. The fraction of sp³-hybridized carbons (Fsp3) is 0.500. The maximum atomic E-state index is 11.5. The number of fused-ring (bicyclic) bond motifs is 1. The molecule has 9 nitrogen and oxygen atoms in total. The Hall–Kier alpha value is -0.174. The van der Waals surface area contributed by atoms with Gasteiger partial charge < -0.3 is 25.2 Å². The molecule has 102 valence electrons. The molecule has 1 saturated heterocycles. The van der Waals surface area contributed by atoms with Crippen molar-refractivity contribution in [1.82, 2.24) is 19.5 Å². The van der Waals surface area contributed by atoms with Crippen LogP contribution in [-0.4, -0.2) is 59.8 Å². The van der Waals surface area contributed by atoms with Crippen LogP contribution in [0.4, 0.5) is 0 Å². The number of aliphatic hydroxyl groups excluding tert-OH is 3. The minimum atomic E-state index is -1.25. The zero-order chi connectivity index (χ0) is 13.6. The van der Waals surface area contributed by atoms with Crippen LogP contribution in [0, 0.1) is 0 Å². The SMILES string of the molecule is [K+].[O-]c1ncnc2c1ncn2[C@@H]1O[C@H](CO)[C@@H](O)[C@H]1O. The largest absolute Gasteiger partial charge is 1.00 e. The molecular weight excluding hydrogens is 295 g/mol. The summed E-state index contributed by atoms with van der Waals surface area (Å²) in [5.41, 5.74) is 0.259. The Morgan fingerprint density at radius 3 is 2.65 bits per heavy atom. The van der Waals surface area contributed by atoms with Crippen molar-refractivity contribution < 1.29 is 76.5 Å². The third kappa shape index (κ3) is 2.51. The van der Waals surface area contributed by atoms with E-state index in [4.69, 9.17) is 9.84 Å². The molecule has 0 bridgehead atoms. The quantitative estimate of drug-likeness (QED) is 0.467. The van der Waals surface area contributed by atoms with Crippen LogP contribution in [0.15, 0.2) is 12.7 Å². The smallest absolute Gasteiger partial charge is 0.857 e. The van der Waals surface area contributed by atoms with E-state index in [0.29, 0.717) is 0 Å². The summed E-state index contributed by atoms with van der Waals surface area (Å²) < 4.78 is 6.67. The molecule has 2 aromatic rings. The first-order valence-corrected chi connectivity index (χ1v) is 5.60. The van der Waals surface area contributed by atoms with Gasteiger partial charge in [-0.1, -0.05) is 0 Å². The van der Waals surface area contributed by atoms with E-state index >= 15 is 0 Å². The summed E-state index contributed by atoms with van der Waals surface area (Å²) in [7, 11) is 0. The predicted octanol–water partition coefficient (Wildman–Crippen LogP) is -5.48. The second kappa shape index (κ2) is 6.30. The van der Waals surface area contributed by atoms with Crippen LogP contribution >= 0.6 is 0 Å². The van der Waals surface area contributed by atoms with Crippen LogP contribution in [0.1, 0.15) is 6.23 Å². The number of imidazole rings is 1. The molecule has 0 spiro atoms. The molecule has 0 amide bonds. The van der Waals surface area contributed by atoms with Gasteiger partial charge in [0.25, 0.3) is 0 Å². The van der Waals surface area contributed by atoms with Crippen LogP contribution < -0.4 is 56.5 Å². The normalized spacial score (nSPS) is 29.6. The van der Waals surface area contributed by atoms with Gasteiger partial charge in [-0.05, 0) is 0 Å². The second-order valence-electron chi connectivity index (χ2n) is 4.23. The molecule has 1 aliphatic heterocycles. The van der Waals surface area contributed by atoms with Gasteiger partial charge in [-0.3, -0.25) is 9.55 Å². The number of nitrogens with zero attached hydrogens (tertiary/aromatic N) is 4. The maximum absolute atomic E-state index is 11.5. The zero-order valence-electron chi connectivity index (χ0n) is 10.6. The average molecular weight is 306 g/mol. The van der Waals surface area contributed by atoms with Crippen molar-refractivity contribution in [1.29, 1.82) is 0 Å². The minimum absolute atomic E-state index is 0. The third-order valence-electron chi connectivity index (χ3n) is 3.12. The van der Waals surface area contributed by atoms with Gasteiger partial charge in [0.15, 0.2) is 11.9 Å². The van der Waals surface area contributed by atoms with E-state index in [1.165, 1.54) is 10.9 Å². The number of hydrogen-bond donors (Lipinski definition) is 3. The van der Waals surface area contributed by atoms with Crippen LogP contribution in [-0.2, 0) is 4.74 Å². The third-order valence-corrected chi connectivity index (χ3v) is 3.12. The summed E-state index contributed by atoms with van der Waals surface area (Å²) in [6, 6.07) is 0. The molecule has 0 radical (unpaired) electrons.